The summed E-state index contributed by atoms with van der Waals surface area (Å²) in [5, 5.41) is 78.6. The van der Waals surface area contributed by atoms with E-state index in [1.165, 1.54) is 75.9 Å². The number of H-pyrrole nitrogens is 2. The van der Waals surface area contributed by atoms with Gasteiger partial charge in [0.25, 0.3) is 6.33 Å². The van der Waals surface area contributed by atoms with Gasteiger partial charge in [-0.3, -0.25) is 29.9 Å². The summed E-state index contributed by atoms with van der Waals surface area (Å²) in [7, 11) is -10.4. The zero-order chi connectivity index (χ0) is 70.6. The number of pyridine rings is 7. The number of aromatic hydroxyl groups is 4. The van der Waals surface area contributed by atoms with Crippen molar-refractivity contribution < 1.29 is 123 Å². The zero-order valence-electron chi connectivity index (χ0n) is 62.2. The number of aromatic amines is 2. The third-order valence-electron chi connectivity index (χ3n) is 20.8. The first-order valence-corrected chi connectivity index (χ1v) is 51.0. The Kier molecular flexibility index (Phi) is 25.9. The average molecular weight is 1690 g/mol. The number of benzene rings is 4. The quantitative estimate of drug-likeness (QED) is 0.141. The Hall–Kier alpha value is -7.13. The van der Waals surface area contributed by atoms with Gasteiger partial charge in [-0.2, -0.15) is 0 Å². The molecule has 28 heteroatoms. The van der Waals surface area contributed by atoms with Crippen LogP contribution in [0.5, 0.6) is 34.5 Å². The molecule has 18 rings (SSSR count). The van der Waals surface area contributed by atoms with Crippen molar-refractivity contribution in [2.24, 2.45) is 0 Å². The molecule has 15 nitrogen and oxygen atoms in total. The van der Waals surface area contributed by atoms with E-state index in [2.05, 4.69) is 179 Å². The maximum absolute atomic E-state index is 13.3. The summed E-state index contributed by atoms with van der Waals surface area (Å²) in [6.45, 7) is 31.2. The second kappa shape index (κ2) is 32.0. The van der Waals surface area contributed by atoms with Gasteiger partial charge in [0.1, 0.15) is 89.1 Å². The van der Waals surface area contributed by atoms with Crippen molar-refractivity contribution in [1.82, 2.24) is 34.9 Å². The summed E-state index contributed by atoms with van der Waals surface area (Å²) < 4.78 is 13.3. The number of hydrogen-bond donors (Lipinski definition) is 4. The molecule has 0 spiro atoms. The first-order valence-electron chi connectivity index (χ1n) is 33.0. The summed E-state index contributed by atoms with van der Waals surface area (Å²) in [4.78, 5) is 36.5. The van der Waals surface area contributed by atoms with E-state index in [0.29, 0.717) is 22.8 Å². The standard InChI is InChI=1S/2C14H15NOSi.C13H13NOSi.C12H11FN2OSi.2C12H12N2OSi.2Be.4Zn/c1-9-7-10(16)13-12(8-9)17(2,3)11-5-4-6-15-14(11)13;1-9-7-12-14(15-8-9)13-10(16)5-4-6-11(13)17(12,2)3;1-16(2)10-6-3-5-9(15)12(10)13-11(16)7-4-8-14-13;1-17(2)9-5-7(13)6-15-11(9)10-8(16)3-4-14-12(10)17;1-16(2)9-4-3-5-14-12(9)11-8(15)6-13-7-10(11)16;1-16(2)9-5-3-4-8(15)11(9)12-10(16)6-13-7-14-12;;;;;;/h2*4-8,16H,1-3H3;3-8,15H,1-2H3;3-6H,1-2H3,(H,14,16);2*3-7,15H,1-2H3;;;;;;/q;;;;;;2*+2;;;;. The molecule has 0 saturated carbocycles. The molecule has 12 aromatic rings. The van der Waals surface area contributed by atoms with Crippen LogP contribution in [0.1, 0.15) is 11.1 Å². The zero-order valence-corrected chi connectivity index (χ0v) is 80.0. The van der Waals surface area contributed by atoms with Crippen molar-refractivity contribution in [3.63, 3.8) is 0 Å². The molecular formula is C77H78Be2FN9O6Si6Zn4+4. The molecule has 0 radical (unpaired) electrons. The van der Waals surface area contributed by atoms with Gasteiger partial charge in [0, 0.05) is 158 Å². The summed E-state index contributed by atoms with van der Waals surface area (Å²) >= 11 is 0. The number of nitrogens with one attached hydrogen (secondary N) is 2. The second-order valence-electron chi connectivity index (χ2n) is 29.2. The minimum atomic E-state index is -2.02. The molecule has 506 valence electrons. The summed E-state index contributed by atoms with van der Waals surface area (Å²) in [5.74, 6) is 1.07. The number of phenols is 2. The molecule has 0 amide bonds. The molecule has 6 aliphatic rings. The Labute approximate surface area is 677 Å². The van der Waals surface area contributed by atoms with E-state index >= 15 is 0 Å². The molecule has 0 aliphatic carbocycles. The third kappa shape index (κ3) is 14.5. The van der Waals surface area contributed by atoms with Crippen molar-refractivity contribution in [2.75, 3.05) is 0 Å². The number of nitrogens with zero attached hydrogens (tertiary/aromatic N) is 7. The molecule has 14 heterocycles. The van der Waals surface area contributed by atoms with E-state index in [0.717, 1.165) is 72.4 Å². The Morgan fingerprint density at radius 2 is 0.790 bits per heavy atom. The first-order chi connectivity index (χ1) is 46.9. The molecule has 0 saturated heterocycles. The predicted molar refractivity (Wildman–Crippen MR) is 416 cm³/mol. The van der Waals surface area contributed by atoms with Gasteiger partial charge in [-0.1, -0.05) is 179 Å². The van der Waals surface area contributed by atoms with Gasteiger partial charge in [0.15, 0.2) is 6.20 Å². The minimum absolute atomic E-state index is 0. The van der Waals surface area contributed by atoms with Crippen LogP contribution in [0.3, 0.4) is 0 Å². The van der Waals surface area contributed by atoms with Crippen molar-refractivity contribution in [3.8, 4) is 102 Å². The second-order valence-corrected chi connectivity index (χ2v) is 55.1. The van der Waals surface area contributed by atoms with Crippen LogP contribution in [0.2, 0.25) is 78.6 Å². The van der Waals surface area contributed by atoms with E-state index in [1.54, 1.807) is 55.2 Å². The molecule has 6 aliphatic heterocycles. The van der Waals surface area contributed by atoms with E-state index in [4.69, 9.17) is 0 Å². The topological polar surface area (TPSA) is 246 Å². The van der Waals surface area contributed by atoms with Crippen LogP contribution in [0.25, 0.3) is 67.5 Å². The Morgan fingerprint density at radius 3 is 1.41 bits per heavy atom. The van der Waals surface area contributed by atoms with Crippen molar-refractivity contribution in [1.29, 1.82) is 0 Å². The Bertz CT molecular complexity index is 4960. The normalized spacial score (nSPS) is 14.7. The Morgan fingerprint density at radius 1 is 0.343 bits per heavy atom. The predicted octanol–water partition coefficient (Wildman–Crippen LogP) is 5.28. The molecule has 8 aromatic heterocycles. The smallest absolute Gasteiger partial charge is 0.872 e. The molecule has 0 bridgehead atoms. The van der Waals surface area contributed by atoms with Gasteiger partial charge in [-0.15, -0.1) is 0 Å². The average Bonchev–Trinajstić information content (AvgIpc) is 1.62. The molecular weight excluding hydrogens is 1610 g/mol. The van der Waals surface area contributed by atoms with Crippen LogP contribution in [-0.2, 0) is 77.9 Å². The van der Waals surface area contributed by atoms with E-state index in [9.17, 15) is 35.0 Å². The van der Waals surface area contributed by atoms with Crippen molar-refractivity contribution in [2.45, 2.75) is 92.4 Å². The SMILES string of the molecule is C[Si]1(C)c2cc(F)cnc2-c2c(O)ccnc21.C[Si]1(C)c2cccnc2-c2c(O)cccc21.C[Si]1(C)c2cccnc2-c2c(O)cncc21.C[Si]1(C)c2cnc[nH+]c2-c2c([O-])cccc21.Cc1cc([O-])c2c(c1)[Si](C)(C)c1ccc[nH+]c1-2.Cc1cnc2c(c1)[Si](C)(C)c1cccc(O)c1-2.[Be+2].[Be+2].[Zn].[Zn].[Zn].[Zn]. The maximum Gasteiger partial charge on any atom is 2.00 e. The minimum Gasteiger partial charge on any atom is -0.872 e. The van der Waals surface area contributed by atoms with Crippen LogP contribution >= 0.6 is 0 Å². The molecule has 0 unspecified atom stereocenters. The largest absolute Gasteiger partial charge is 2.00 e. The van der Waals surface area contributed by atoms with Gasteiger partial charge in [0.2, 0.25) is 5.69 Å². The van der Waals surface area contributed by atoms with Crippen LogP contribution in [0.15, 0.2) is 183 Å². The van der Waals surface area contributed by atoms with Crippen LogP contribution in [-0.4, -0.2) is 124 Å². The van der Waals surface area contributed by atoms with E-state index in [1.807, 2.05) is 68.1 Å². The summed E-state index contributed by atoms with van der Waals surface area (Å²) in [6, 6.07) is 38.8. The number of hydrogen-bond acceptors (Lipinski definition) is 13. The maximum atomic E-state index is 13.3. The van der Waals surface area contributed by atoms with Crippen LogP contribution in [0.4, 0.5) is 4.39 Å². The number of phenolic OH excluding ortho intramolecular Hbond substituents is 2. The number of aryl methyl sites for hydroxylation is 2. The van der Waals surface area contributed by atoms with Gasteiger partial charge in [-0.05, 0) is 102 Å². The van der Waals surface area contributed by atoms with E-state index < -0.39 is 48.4 Å². The fraction of sp³-hybridized carbons (Fsp3) is 0.182. The number of fused-ring (bicyclic) bond motifs is 18. The van der Waals surface area contributed by atoms with Gasteiger partial charge in [-0.25, -0.2) is 14.4 Å². The van der Waals surface area contributed by atoms with Gasteiger partial charge >= 0.3 is 20.2 Å². The molecule has 0 fully saturated rings. The molecule has 0 atom stereocenters. The molecule has 105 heavy (non-hydrogen) atoms. The van der Waals surface area contributed by atoms with Crippen LogP contribution in [0, 0.1) is 19.7 Å². The fourth-order valence-electron chi connectivity index (χ4n) is 15.4. The third-order valence-corrected chi connectivity index (χ3v) is 41.5. The molecule has 6 N–H and O–H groups in total. The van der Waals surface area contributed by atoms with Crippen LogP contribution < -0.4 is 82.6 Å². The number of rotatable bonds is 0. The molecule has 4 aromatic carbocycles. The van der Waals surface area contributed by atoms with Gasteiger partial charge in [0.05, 0.1) is 40.7 Å². The summed E-state index contributed by atoms with van der Waals surface area (Å²) in [6.07, 6.45) is 17.0. The van der Waals surface area contributed by atoms with Crippen molar-refractivity contribution >= 4 is 131 Å². The van der Waals surface area contributed by atoms with Gasteiger partial charge < -0.3 is 30.6 Å². The number of halogens is 1. The monoisotopic (exact) mass is 1690 g/mol. The summed E-state index contributed by atoms with van der Waals surface area (Å²) in [5.41, 5.74) is 13.1. The first kappa shape index (κ1) is 85.1. The van der Waals surface area contributed by atoms with Crippen molar-refractivity contribution in [3.05, 3.63) is 200 Å². The van der Waals surface area contributed by atoms with E-state index in [-0.39, 0.29) is 127 Å². The number of aromatic nitrogens is 9. The Balaban J connectivity index is 0.000000174. The fourth-order valence-corrected chi connectivity index (χ4v) is 33.1.